The summed E-state index contributed by atoms with van der Waals surface area (Å²) >= 11 is 0. The van der Waals surface area contributed by atoms with Crippen molar-refractivity contribution in [2.45, 2.75) is 25.9 Å². The molecule has 1 aromatic rings. The van der Waals surface area contributed by atoms with E-state index in [4.69, 9.17) is 4.74 Å². The van der Waals surface area contributed by atoms with E-state index in [0.29, 0.717) is 11.8 Å². The summed E-state index contributed by atoms with van der Waals surface area (Å²) < 4.78 is 5.07. The van der Waals surface area contributed by atoms with Crippen molar-refractivity contribution >= 4 is 0 Å². The van der Waals surface area contributed by atoms with Crippen LogP contribution in [0.25, 0.3) is 0 Å². The van der Waals surface area contributed by atoms with E-state index in [1.54, 1.807) is 13.2 Å². The third-order valence-electron chi connectivity index (χ3n) is 3.98. The maximum atomic E-state index is 9.81. The summed E-state index contributed by atoms with van der Waals surface area (Å²) in [5, 5.41) is 9.81. The number of hydrogen-bond donors (Lipinski definition) is 1. The molecule has 19 heavy (non-hydrogen) atoms. The van der Waals surface area contributed by atoms with E-state index in [9.17, 15) is 5.11 Å². The van der Waals surface area contributed by atoms with E-state index < -0.39 is 0 Å². The summed E-state index contributed by atoms with van der Waals surface area (Å²) in [5.74, 6) is 0.759. The van der Waals surface area contributed by atoms with Crippen LogP contribution in [0.5, 0.6) is 11.5 Å². The van der Waals surface area contributed by atoms with Crippen LogP contribution in [0.2, 0.25) is 0 Å². The number of nitrogens with zero attached hydrogens (tertiary/aromatic N) is 2. The largest absolute Gasteiger partial charge is 0.504 e. The van der Waals surface area contributed by atoms with Crippen molar-refractivity contribution in [3.05, 3.63) is 23.8 Å². The molecule has 1 aliphatic rings. The van der Waals surface area contributed by atoms with Crippen LogP contribution in [-0.4, -0.2) is 54.7 Å². The van der Waals surface area contributed by atoms with Gasteiger partial charge in [0.2, 0.25) is 0 Å². The Morgan fingerprint density at radius 1 is 1.37 bits per heavy atom. The van der Waals surface area contributed by atoms with Crippen LogP contribution in [0, 0.1) is 0 Å². The first-order chi connectivity index (χ1) is 9.13. The fourth-order valence-corrected chi connectivity index (χ4v) is 2.69. The van der Waals surface area contributed by atoms with Crippen molar-refractivity contribution < 1.29 is 9.84 Å². The predicted molar refractivity (Wildman–Crippen MR) is 76.6 cm³/mol. The Morgan fingerprint density at radius 2 is 2.16 bits per heavy atom. The first-order valence-electron chi connectivity index (χ1n) is 6.92. The molecular formula is C15H24N2O2. The number of phenols is 1. The third kappa shape index (κ3) is 3.39. The van der Waals surface area contributed by atoms with Crippen molar-refractivity contribution in [2.24, 2.45) is 0 Å². The van der Waals surface area contributed by atoms with Crippen molar-refractivity contribution in [3.63, 3.8) is 0 Å². The lowest BCUT2D eigenvalue weighted by atomic mass is 10.1. The van der Waals surface area contributed by atoms with Crippen LogP contribution < -0.4 is 4.74 Å². The van der Waals surface area contributed by atoms with E-state index in [2.05, 4.69) is 23.8 Å². The first-order valence-corrected chi connectivity index (χ1v) is 6.92. The number of rotatable bonds is 4. The second-order valence-electron chi connectivity index (χ2n) is 5.28. The Kier molecular flexibility index (Phi) is 4.66. The number of benzene rings is 1. The minimum Gasteiger partial charge on any atom is -0.504 e. The summed E-state index contributed by atoms with van der Waals surface area (Å²) in [7, 11) is 3.77. The van der Waals surface area contributed by atoms with Gasteiger partial charge in [-0.2, -0.15) is 0 Å². The molecule has 106 valence electrons. The Morgan fingerprint density at radius 3 is 2.79 bits per heavy atom. The topological polar surface area (TPSA) is 35.9 Å². The molecule has 0 spiro atoms. The van der Waals surface area contributed by atoms with Gasteiger partial charge < -0.3 is 14.7 Å². The molecular weight excluding hydrogens is 240 g/mol. The third-order valence-corrected chi connectivity index (χ3v) is 3.98. The van der Waals surface area contributed by atoms with Crippen LogP contribution in [0.3, 0.4) is 0 Å². The van der Waals surface area contributed by atoms with Gasteiger partial charge in [-0.15, -0.1) is 0 Å². The molecule has 1 aromatic carbocycles. The molecule has 1 N–H and O–H groups in total. The van der Waals surface area contributed by atoms with Crippen molar-refractivity contribution in [1.82, 2.24) is 9.80 Å². The molecule has 0 aliphatic carbocycles. The highest BCUT2D eigenvalue weighted by Gasteiger charge is 2.22. The first kappa shape index (κ1) is 14.2. The Hall–Kier alpha value is -1.26. The van der Waals surface area contributed by atoms with Gasteiger partial charge in [-0.05, 0) is 31.2 Å². The fourth-order valence-electron chi connectivity index (χ4n) is 2.69. The lowest BCUT2D eigenvalue weighted by Gasteiger charge is -2.39. The van der Waals surface area contributed by atoms with Crippen molar-refractivity contribution in [1.29, 1.82) is 0 Å². The van der Waals surface area contributed by atoms with Gasteiger partial charge in [0, 0.05) is 32.2 Å². The minimum absolute atomic E-state index is 0.223. The molecule has 1 atom stereocenters. The fraction of sp³-hybridized carbons (Fsp3) is 0.600. The predicted octanol–water partition coefficient (Wildman–Crippen LogP) is 1.93. The van der Waals surface area contributed by atoms with E-state index in [1.807, 2.05) is 12.1 Å². The van der Waals surface area contributed by atoms with Crippen LogP contribution in [0.4, 0.5) is 0 Å². The number of phenolic OH excluding ortho intramolecular Hbond substituents is 1. The molecule has 0 radical (unpaired) electrons. The molecule has 2 rings (SSSR count). The molecule has 1 unspecified atom stereocenters. The highest BCUT2D eigenvalue weighted by Crippen LogP contribution is 2.27. The monoisotopic (exact) mass is 264 g/mol. The molecule has 4 nitrogen and oxygen atoms in total. The number of likely N-dealkylation sites (N-methyl/N-ethyl adjacent to an activating group) is 1. The number of methoxy groups -OCH3 is 1. The molecule has 0 bridgehead atoms. The molecule has 0 amide bonds. The van der Waals surface area contributed by atoms with Crippen LogP contribution in [-0.2, 0) is 6.54 Å². The van der Waals surface area contributed by atoms with Crippen LogP contribution >= 0.6 is 0 Å². The van der Waals surface area contributed by atoms with Gasteiger partial charge >= 0.3 is 0 Å². The smallest absolute Gasteiger partial charge is 0.160 e. The van der Waals surface area contributed by atoms with Gasteiger partial charge in [-0.3, -0.25) is 4.90 Å². The summed E-state index contributed by atoms with van der Waals surface area (Å²) in [6, 6.07) is 6.30. The summed E-state index contributed by atoms with van der Waals surface area (Å²) in [4.78, 5) is 4.89. The molecule has 0 saturated carbocycles. The molecule has 1 aliphatic heterocycles. The second kappa shape index (κ2) is 6.26. The van der Waals surface area contributed by atoms with Gasteiger partial charge in [0.05, 0.1) is 7.11 Å². The number of ether oxygens (including phenoxy) is 1. The molecule has 1 heterocycles. The lowest BCUT2D eigenvalue weighted by Crippen LogP contribution is -2.50. The zero-order chi connectivity index (χ0) is 13.8. The molecule has 1 fully saturated rings. The Bertz CT molecular complexity index is 423. The molecule has 0 aromatic heterocycles. The maximum absolute atomic E-state index is 9.81. The maximum Gasteiger partial charge on any atom is 0.160 e. The summed E-state index contributed by atoms with van der Waals surface area (Å²) in [6.07, 6.45) is 1.18. The zero-order valence-corrected chi connectivity index (χ0v) is 12.1. The van der Waals surface area contributed by atoms with Gasteiger partial charge in [0.25, 0.3) is 0 Å². The van der Waals surface area contributed by atoms with Gasteiger partial charge in [0.1, 0.15) is 0 Å². The quantitative estimate of drug-likeness (QED) is 0.901. The van der Waals surface area contributed by atoms with Gasteiger partial charge in [0.15, 0.2) is 11.5 Å². The standard InChI is InChI=1S/C15H24N2O2/c1-4-13-11-17(8-7-16(13)2)10-12-5-6-15(19-3)14(18)9-12/h5-6,9,13,18H,4,7-8,10-11H2,1-3H3. The highest BCUT2D eigenvalue weighted by molar-refractivity contribution is 5.41. The minimum atomic E-state index is 0.223. The average molecular weight is 264 g/mol. The van der Waals surface area contributed by atoms with Gasteiger partial charge in [-0.1, -0.05) is 13.0 Å². The number of piperazine rings is 1. The van der Waals surface area contributed by atoms with E-state index in [0.717, 1.165) is 31.7 Å². The zero-order valence-electron chi connectivity index (χ0n) is 12.1. The number of aromatic hydroxyl groups is 1. The van der Waals surface area contributed by atoms with Gasteiger partial charge in [-0.25, -0.2) is 0 Å². The van der Waals surface area contributed by atoms with Crippen LogP contribution in [0.15, 0.2) is 18.2 Å². The van der Waals surface area contributed by atoms with Crippen molar-refractivity contribution in [2.75, 3.05) is 33.8 Å². The summed E-state index contributed by atoms with van der Waals surface area (Å²) in [6.45, 7) is 6.42. The van der Waals surface area contributed by atoms with Crippen LogP contribution in [0.1, 0.15) is 18.9 Å². The molecule has 4 heteroatoms. The Balaban J connectivity index is 1.99. The lowest BCUT2D eigenvalue weighted by molar-refractivity contribution is 0.0883. The second-order valence-corrected chi connectivity index (χ2v) is 5.28. The van der Waals surface area contributed by atoms with E-state index in [1.165, 1.54) is 6.42 Å². The molecule has 1 saturated heterocycles. The Labute approximate surface area is 115 Å². The highest BCUT2D eigenvalue weighted by atomic mass is 16.5. The van der Waals surface area contributed by atoms with E-state index in [-0.39, 0.29) is 5.75 Å². The normalized spacial score (nSPS) is 21.5. The number of hydrogen-bond acceptors (Lipinski definition) is 4. The summed E-state index contributed by atoms with van der Waals surface area (Å²) in [5.41, 5.74) is 1.14. The SMILES string of the molecule is CCC1CN(Cc2ccc(OC)c(O)c2)CCN1C. The van der Waals surface area contributed by atoms with E-state index >= 15 is 0 Å². The van der Waals surface area contributed by atoms with Crippen molar-refractivity contribution in [3.8, 4) is 11.5 Å². The average Bonchev–Trinajstić information content (AvgIpc) is 2.41.